The number of rotatable bonds is 0. The van der Waals surface area contributed by atoms with E-state index < -0.39 is 10.6 Å². The third-order valence-electron chi connectivity index (χ3n) is 1.44. The van der Waals surface area contributed by atoms with Gasteiger partial charge >= 0.3 is 0 Å². The quantitative estimate of drug-likeness (QED) is 0.533. The van der Waals surface area contributed by atoms with Crippen molar-refractivity contribution in [3.05, 3.63) is 0 Å². The molecule has 0 aromatic carbocycles. The third kappa shape index (κ3) is 4.63. The lowest BCUT2D eigenvalue weighted by atomic mass is 10.4. The Morgan fingerprint density at radius 3 is 2.18 bits per heavy atom. The van der Waals surface area contributed by atoms with Crippen LogP contribution >= 0.6 is 10.6 Å². The lowest BCUT2D eigenvalue weighted by Crippen LogP contribution is -2.40. The van der Waals surface area contributed by atoms with Crippen LogP contribution in [-0.4, -0.2) is 33.2 Å². The maximum absolute atomic E-state index is 9.14. The SMILES string of the molecule is CC.CC1CS(O)(O)CCN1. The van der Waals surface area contributed by atoms with Gasteiger partial charge in [-0.3, -0.25) is 9.11 Å². The fourth-order valence-electron chi connectivity index (χ4n) is 1.01. The summed E-state index contributed by atoms with van der Waals surface area (Å²) in [4.78, 5) is 0. The minimum Gasteiger partial charge on any atom is -0.311 e. The van der Waals surface area contributed by atoms with Crippen LogP contribution in [0, 0.1) is 0 Å². The molecule has 0 aromatic rings. The summed E-state index contributed by atoms with van der Waals surface area (Å²) in [7, 11) is -2.19. The largest absolute Gasteiger partial charge is 0.311 e. The van der Waals surface area contributed by atoms with Crippen LogP contribution in [-0.2, 0) is 0 Å². The van der Waals surface area contributed by atoms with Gasteiger partial charge in [-0.25, -0.2) is 0 Å². The Balaban J connectivity index is 0.000000461. The van der Waals surface area contributed by atoms with Gasteiger partial charge in [0.2, 0.25) is 0 Å². The Morgan fingerprint density at radius 1 is 1.36 bits per heavy atom. The molecule has 0 spiro atoms. The van der Waals surface area contributed by atoms with E-state index in [0.29, 0.717) is 11.5 Å². The van der Waals surface area contributed by atoms with E-state index in [1.807, 2.05) is 20.8 Å². The van der Waals surface area contributed by atoms with Crippen LogP contribution in [0.2, 0.25) is 0 Å². The minimum absolute atomic E-state index is 0.267. The fraction of sp³-hybridized carbons (Fsp3) is 1.00. The Hall–Kier alpha value is 0.230. The summed E-state index contributed by atoms with van der Waals surface area (Å²) in [6, 6.07) is 0.267. The Morgan fingerprint density at radius 2 is 1.91 bits per heavy atom. The van der Waals surface area contributed by atoms with Crippen molar-refractivity contribution in [1.29, 1.82) is 0 Å². The topological polar surface area (TPSA) is 52.5 Å². The first-order chi connectivity index (χ1) is 5.10. The summed E-state index contributed by atoms with van der Waals surface area (Å²) in [5, 5.41) is 3.14. The predicted octanol–water partition coefficient (Wildman–Crippen LogP) is 1.75. The molecule has 0 aliphatic carbocycles. The molecular weight excluding hydrogens is 162 g/mol. The van der Waals surface area contributed by atoms with Crippen molar-refractivity contribution in [3.8, 4) is 0 Å². The van der Waals surface area contributed by atoms with E-state index in [1.165, 1.54) is 0 Å². The summed E-state index contributed by atoms with van der Waals surface area (Å²) in [5.41, 5.74) is 0. The molecule has 11 heavy (non-hydrogen) atoms. The van der Waals surface area contributed by atoms with Crippen molar-refractivity contribution in [3.63, 3.8) is 0 Å². The van der Waals surface area contributed by atoms with Crippen molar-refractivity contribution < 1.29 is 9.11 Å². The van der Waals surface area contributed by atoms with Gasteiger partial charge in [-0.2, -0.15) is 10.6 Å². The molecule has 70 valence electrons. The van der Waals surface area contributed by atoms with Gasteiger partial charge < -0.3 is 5.32 Å². The van der Waals surface area contributed by atoms with E-state index in [-0.39, 0.29) is 6.04 Å². The van der Waals surface area contributed by atoms with Crippen LogP contribution in [0.25, 0.3) is 0 Å². The van der Waals surface area contributed by atoms with Gasteiger partial charge in [-0.05, 0) is 6.92 Å². The van der Waals surface area contributed by atoms with E-state index in [4.69, 9.17) is 9.11 Å². The van der Waals surface area contributed by atoms with Crippen molar-refractivity contribution >= 4 is 10.6 Å². The van der Waals surface area contributed by atoms with Gasteiger partial charge in [0, 0.05) is 18.3 Å². The molecule has 1 saturated heterocycles. The lowest BCUT2D eigenvalue weighted by Gasteiger charge is -2.39. The second-order valence-electron chi connectivity index (χ2n) is 2.53. The van der Waals surface area contributed by atoms with Crippen LogP contribution < -0.4 is 5.32 Å². The molecule has 0 aromatic heterocycles. The van der Waals surface area contributed by atoms with Gasteiger partial charge in [-0.15, -0.1) is 0 Å². The minimum atomic E-state index is -2.19. The summed E-state index contributed by atoms with van der Waals surface area (Å²) in [6.45, 7) is 6.71. The maximum atomic E-state index is 9.14. The van der Waals surface area contributed by atoms with Gasteiger partial charge in [0.15, 0.2) is 0 Å². The van der Waals surface area contributed by atoms with Crippen molar-refractivity contribution in [2.75, 3.05) is 18.1 Å². The standard InChI is InChI=1S/C5H13NO2S.C2H6/c1-5-4-9(7,8)3-2-6-5;1-2/h5-8H,2-4H2,1H3;1-2H3. The fourth-order valence-corrected chi connectivity index (χ4v) is 2.54. The zero-order valence-electron chi connectivity index (χ0n) is 7.50. The molecule has 0 bridgehead atoms. The van der Waals surface area contributed by atoms with E-state index in [0.717, 1.165) is 6.54 Å². The van der Waals surface area contributed by atoms with E-state index in [2.05, 4.69) is 5.32 Å². The molecule has 0 amide bonds. The van der Waals surface area contributed by atoms with Gasteiger partial charge in [0.1, 0.15) is 0 Å². The second-order valence-corrected chi connectivity index (χ2v) is 4.87. The number of hydrogen-bond donors (Lipinski definition) is 3. The Labute approximate surface area is 70.5 Å². The molecule has 1 aliphatic rings. The first-order valence-corrected chi connectivity index (χ1v) is 5.96. The molecule has 1 fully saturated rings. The Kier molecular flexibility index (Phi) is 5.08. The zero-order valence-corrected chi connectivity index (χ0v) is 8.32. The van der Waals surface area contributed by atoms with Gasteiger partial charge in [-0.1, -0.05) is 13.8 Å². The Bertz CT molecular complexity index is 109. The molecule has 3 N–H and O–H groups in total. The predicted molar refractivity (Wildman–Crippen MR) is 51.4 cm³/mol. The molecular formula is C7H19NO2S. The summed E-state index contributed by atoms with van der Waals surface area (Å²) in [5.74, 6) is 1.05. The van der Waals surface area contributed by atoms with Crippen LogP contribution in [0.5, 0.6) is 0 Å². The van der Waals surface area contributed by atoms with Crippen molar-refractivity contribution in [2.24, 2.45) is 0 Å². The highest BCUT2D eigenvalue weighted by Gasteiger charge is 2.20. The molecule has 4 heteroatoms. The highest BCUT2D eigenvalue weighted by molar-refractivity contribution is 8.24. The molecule has 0 saturated carbocycles. The zero-order chi connectivity index (χ0) is 8.91. The second kappa shape index (κ2) is 4.98. The maximum Gasteiger partial charge on any atom is 0.0525 e. The molecule has 1 rings (SSSR count). The monoisotopic (exact) mass is 181 g/mol. The average Bonchev–Trinajstić information content (AvgIpc) is 1.89. The summed E-state index contributed by atoms with van der Waals surface area (Å²) in [6.07, 6.45) is 0. The van der Waals surface area contributed by atoms with Gasteiger partial charge in [0.25, 0.3) is 0 Å². The number of nitrogens with one attached hydrogen (secondary N) is 1. The highest BCUT2D eigenvalue weighted by Crippen LogP contribution is 2.39. The molecule has 3 nitrogen and oxygen atoms in total. The van der Waals surface area contributed by atoms with Crippen LogP contribution in [0.3, 0.4) is 0 Å². The summed E-state index contributed by atoms with van der Waals surface area (Å²) >= 11 is 0. The molecule has 1 aliphatic heterocycles. The first kappa shape index (κ1) is 11.2. The molecule has 1 atom stereocenters. The molecule has 0 radical (unpaired) electrons. The van der Waals surface area contributed by atoms with E-state index in [9.17, 15) is 0 Å². The summed E-state index contributed by atoms with van der Waals surface area (Å²) < 4.78 is 18.3. The normalized spacial score (nSPS) is 31.5. The molecule has 1 heterocycles. The van der Waals surface area contributed by atoms with E-state index >= 15 is 0 Å². The average molecular weight is 181 g/mol. The highest BCUT2D eigenvalue weighted by atomic mass is 32.3. The lowest BCUT2D eigenvalue weighted by molar-refractivity contribution is 0.452. The molecule has 1 unspecified atom stereocenters. The van der Waals surface area contributed by atoms with Gasteiger partial charge in [0.05, 0.1) is 5.75 Å². The number of hydrogen-bond acceptors (Lipinski definition) is 3. The van der Waals surface area contributed by atoms with Crippen LogP contribution in [0.4, 0.5) is 0 Å². The van der Waals surface area contributed by atoms with Crippen LogP contribution in [0.1, 0.15) is 20.8 Å². The van der Waals surface area contributed by atoms with Crippen molar-refractivity contribution in [2.45, 2.75) is 26.8 Å². The van der Waals surface area contributed by atoms with Crippen LogP contribution in [0.15, 0.2) is 0 Å². The smallest absolute Gasteiger partial charge is 0.0525 e. The first-order valence-electron chi connectivity index (χ1n) is 4.07. The van der Waals surface area contributed by atoms with Crippen molar-refractivity contribution in [1.82, 2.24) is 5.32 Å². The third-order valence-corrected chi connectivity index (χ3v) is 3.33. The van der Waals surface area contributed by atoms with E-state index in [1.54, 1.807) is 0 Å².